The maximum Gasteiger partial charge on any atom is 0.169 e. The SMILES string of the molecule is C#C[C@@H](c1ccc2ccccc2c1)c1cn([Si](C(C)C)(C(C)C)C(C)C)c2ccccc12. The first kappa shape index (κ1) is 22.4. The van der Waals surface area contributed by atoms with Gasteiger partial charge >= 0.3 is 0 Å². The Morgan fingerprint density at radius 2 is 1.34 bits per heavy atom. The van der Waals surface area contributed by atoms with Crippen LogP contribution in [0.5, 0.6) is 0 Å². The van der Waals surface area contributed by atoms with E-state index in [1.54, 1.807) is 0 Å². The molecule has 1 nitrogen and oxygen atoms in total. The van der Waals surface area contributed by atoms with Gasteiger partial charge in [0.1, 0.15) is 0 Å². The maximum atomic E-state index is 6.22. The third-order valence-electron chi connectivity index (χ3n) is 7.52. The lowest BCUT2D eigenvalue weighted by molar-refractivity contribution is 0.771. The number of rotatable bonds is 6. The van der Waals surface area contributed by atoms with Gasteiger partial charge in [0.05, 0.1) is 5.92 Å². The molecule has 0 amide bonds. The molecule has 32 heavy (non-hydrogen) atoms. The van der Waals surface area contributed by atoms with Crippen molar-refractivity contribution in [2.24, 2.45) is 0 Å². The number of aromatic nitrogens is 1. The van der Waals surface area contributed by atoms with Crippen molar-refractivity contribution in [3.05, 3.63) is 84.1 Å². The zero-order chi connectivity index (χ0) is 23.0. The predicted octanol–water partition coefficient (Wildman–Crippen LogP) is 8.58. The summed E-state index contributed by atoms with van der Waals surface area (Å²) in [6.07, 6.45) is 8.65. The van der Waals surface area contributed by atoms with Gasteiger partial charge in [-0.25, -0.2) is 0 Å². The molecule has 0 spiro atoms. The third-order valence-corrected chi connectivity index (χ3v) is 14.3. The van der Waals surface area contributed by atoms with Gasteiger partial charge in [-0.15, -0.1) is 6.42 Å². The Labute approximate surface area is 194 Å². The van der Waals surface area contributed by atoms with Crippen LogP contribution in [0.3, 0.4) is 0 Å². The van der Waals surface area contributed by atoms with Gasteiger partial charge in [-0.2, -0.15) is 0 Å². The van der Waals surface area contributed by atoms with E-state index < -0.39 is 8.24 Å². The highest BCUT2D eigenvalue weighted by Crippen LogP contribution is 2.46. The van der Waals surface area contributed by atoms with Crippen molar-refractivity contribution in [2.45, 2.75) is 64.1 Å². The average Bonchev–Trinajstić information content (AvgIpc) is 3.13. The van der Waals surface area contributed by atoms with Gasteiger partial charge < -0.3 is 4.23 Å². The molecule has 0 radical (unpaired) electrons. The van der Waals surface area contributed by atoms with Crippen LogP contribution >= 0.6 is 0 Å². The van der Waals surface area contributed by atoms with Crippen molar-refractivity contribution in [1.82, 2.24) is 4.23 Å². The lowest BCUT2D eigenvalue weighted by Gasteiger charge is -2.44. The fraction of sp³-hybridized carbons (Fsp3) is 0.333. The maximum absolute atomic E-state index is 6.22. The summed E-state index contributed by atoms with van der Waals surface area (Å²) in [6.45, 7) is 14.5. The molecule has 0 N–H and O–H groups in total. The van der Waals surface area contributed by atoms with E-state index in [-0.39, 0.29) is 5.92 Å². The lowest BCUT2D eigenvalue weighted by Crippen LogP contribution is -2.51. The van der Waals surface area contributed by atoms with Crippen molar-refractivity contribution >= 4 is 29.9 Å². The van der Waals surface area contributed by atoms with E-state index in [9.17, 15) is 0 Å². The van der Waals surface area contributed by atoms with Crippen LogP contribution in [0.15, 0.2) is 72.9 Å². The van der Waals surface area contributed by atoms with Crippen LogP contribution in [-0.4, -0.2) is 12.5 Å². The monoisotopic (exact) mass is 437 g/mol. The van der Waals surface area contributed by atoms with E-state index in [0.717, 1.165) is 0 Å². The number of hydrogen-bond acceptors (Lipinski definition) is 0. The number of para-hydroxylation sites is 1. The Morgan fingerprint density at radius 1 is 0.750 bits per heavy atom. The summed E-state index contributed by atoms with van der Waals surface area (Å²) in [5.41, 5.74) is 5.66. The van der Waals surface area contributed by atoms with Gasteiger partial charge in [-0.05, 0) is 50.7 Å². The minimum atomic E-state index is -1.90. The largest absolute Gasteiger partial charge is 0.373 e. The van der Waals surface area contributed by atoms with E-state index in [1.165, 1.54) is 32.8 Å². The summed E-state index contributed by atoms with van der Waals surface area (Å²) in [4.78, 5) is 0. The zero-order valence-corrected chi connectivity index (χ0v) is 21.3. The number of hydrogen-bond donors (Lipinski definition) is 0. The Kier molecular flexibility index (Phi) is 6.06. The summed E-state index contributed by atoms with van der Waals surface area (Å²) in [5, 5.41) is 3.78. The summed E-state index contributed by atoms with van der Waals surface area (Å²) >= 11 is 0. The highest BCUT2D eigenvalue weighted by Gasteiger charge is 2.46. The minimum Gasteiger partial charge on any atom is -0.373 e. The normalized spacial score (nSPS) is 13.4. The minimum absolute atomic E-state index is 0.0658. The van der Waals surface area contributed by atoms with Gasteiger partial charge in [0.15, 0.2) is 8.24 Å². The Morgan fingerprint density at radius 3 is 1.97 bits per heavy atom. The first-order valence-corrected chi connectivity index (χ1v) is 14.1. The van der Waals surface area contributed by atoms with Crippen LogP contribution in [-0.2, 0) is 0 Å². The molecule has 4 aromatic rings. The van der Waals surface area contributed by atoms with E-state index in [4.69, 9.17) is 6.42 Å². The second kappa shape index (κ2) is 8.64. The Bertz CT molecular complexity index is 1260. The number of benzene rings is 3. The Balaban J connectivity index is 1.98. The number of nitrogens with zero attached hydrogens (tertiary/aromatic N) is 1. The van der Waals surface area contributed by atoms with Gasteiger partial charge in [0, 0.05) is 17.1 Å². The second-order valence-corrected chi connectivity index (χ2v) is 15.7. The number of fused-ring (bicyclic) bond motifs is 2. The van der Waals surface area contributed by atoms with E-state index >= 15 is 0 Å². The molecule has 1 atom stereocenters. The van der Waals surface area contributed by atoms with Gasteiger partial charge in [-0.3, -0.25) is 0 Å². The topological polar surface area (TPSA) is 4.93 Å². The summed E-state index contributed by atoms with van der Waals surface area (Å²) in [7, 11) is -1.90. The molecule has 1 aromatic heterocycles. The van der Waals surface area contributed by atoms with Crippen LogP contribution in [0.4, 0.5) is 0 Å². The molecule has 0 saturated heterocycles. The van der Waals surface area contributed by atoms with Crippen LogP contribution in [0.25, 0.3) is 21.7 Å². The first-order chi connectivity index (χ1) is 15.3. The predicted molar refractivity (Wildman–Crippen MR) is 143 cm³/mol. The molecular formula is C30H35NSi. The van der Waals surface area contributed by atoms with E-state index in [1.807, 2.05) is 0 Å². The molecule has 3 aromatic carbocycles. The summed E-state index contributed by atoms with van der Waals surface area (Å²) in [5.74, 6) is 3.08. The van der Waals surface area contributed by atoms with Crippen molar-refractivity contribution < 1.29 is 0 Å². The van der Waals surface area contributed by atoms with Crippen LogP contribution in [0.1, 0.15) is 58.6 Å². The fourth-order valence-electron chi connectivity index (χ4n) is 6.34. The molecule has 0 bridgehead atoms. The van der Waals surface area contributed by atoms with Gasteiger partial charge in [0.2, 0.25) is 0 Å². The molecule has 0 unspecified atom stereocenters. The van der Waals surface area contributed by atoms with Gasteiger partial charge in [0.25, 0.3) is 0 Å². The van der Waals surface area contributed by atoms with Crippen molar-refractivity contribution in [2.75, 3.05) is 0 Å². The van der Waals surface area contributed by atoms with Crippen LogP contribution in [0, 0.1) is 12.3 Å². The standard InChI is InChI=1S/C30H35NSi/c1-8-27(26-18-17-24-13-9-10-14-25(24)19-26)29-20-31(30-16-12-11-15-28(29)30)32(21(2)3,22(4)5)23(6)7/h1,9-23,27H,2-7H3/t27-/m0/s1. The zero-order valence-electron chi connectivity index (χ0n) is 20.3. The summed E-state index contributed by atoms with van der Waals surface area (Å²) < 4.78 is 2.70. The van der Waals surface area contributed by atoms with E-state index in [0.29, 0.717) is 16.6 Å². The molecule has 164 valence electrons. The molecule has 0 aliphatic carbocycles. The van der Waals surface area contributed by atoms with E-state index in [2.05, 4.69) is 125 Å². The molecule has 0 aliphatic rings. The Hall–Kier alpha value is -2.76. The molecular weight excluding hydrogens is 402 g/mol. The van der Waals surface area contributed by atoms with Gasteiger partial charge in [-0.1, -0.05) is 102 Å². The quantitative estimate of drug-likeness (QED) is 0.210. The summed E-state index contributed by atoms with van der Waals surface area (Å²) in [6, 6.07) is 24.0. The van der Waals surface area contributed by atoms with Crippen molar-refractivity contribution in [1.29, 1.82) is 0 Å². The fourth-order valence-corrected chi connectivity index (χ4v) is 13.0. The lowest BCUT2D eigenvalue weighted by atomic mass is 9.90. The average molecular weight is 438 g/mol. The van der Waals surface area contributed by atoms with Crippen molar-refractivity contribution in [3.8, 4) is 12.3 Å². The van der Waals surface area contributed by atoms with Crippen LogP contribution in [0.2, 0.25) is 16.6 Å². The molecule has 0 saturated carbocycles. The smallest absolute Gasteiger partial charge is 0.169 e. The molecule has 4 rings (SSSR count). The number of terminal acetylenes is 1. The first-order valence-electron chi connectivity index (χ1n) is 11.9. The third kappa shape index (κ3) is 3.40. The second-order valence-electron chi connectivity index (χ2n) is 10.0. The molecule has 2 heteroatoms. The molecule has 1 heterocycles. The molecule has 0 aliphatic heterocycles. The highest BCUT2D eigenvalue weighted by molar-refractivity contribution is 6.82. The van der Waals surface area contributed by atoms with Crippen LogP contribution < -0.4 is 0 Å². The molecule has 0 fully saturated rings. The highest BCUT2D eigenvalue weighted by atomic mass is 28.3. The van der Waals surface area contributed by atoms with Crippen molar-refractivity contribution in [3.63, 3.8) is 0 Å².